The number of carbonyl (C=O) groups excluding carboxylic acids is 1. The van der Waals surface area contributed by atoms with Crippen LogP contribution in [0.25, 0.3) is 0 Å². The Morgan fingerprint density at radius 1 is 1.90 bits per heavy atom. The fraction of sp³-hybridized carbons (Fsp3) is 0.500. The summed E-state index contributed by atoms with van der Waals surface area (Å²) in [5.41, 5.74) is 5.22. The highest BCUT2D eigenvalue weighted by Gasteiger charge is 2.09. The molecule has 0 radical (unpaired) electrons. The number of hydrogen-bond donors (Lipinski definition) is 3. The van der Waals surface area contributed by atoms with Crippen molar-refractivity contribution in [3.05, 3.63) is 0 Å². The number of aliphatic hydroxyl groups excluding tert-OH is 1. The van der Waals surface area contributed by atoms with Crippen LogP contribution in [0.3, 0.4) is 0 Å². The van der Waals surface area contributed by atoms with Crippen LogP contribution in [-0.2, 0) is 4.79 Å². The second-order valence-corrected chi connectivity index (χ2v) is 1.79. The molecule has 0 saturated carbocycles. The van der Waals surface area contributed by atoms with Crippen LogP contribution in [0.2, 0.25) is 0 Å². The molecule has 0 aliphatic heterocycles. The van der Waals surface area contributed by atoms with Gasteiger partial charge in [-0.25, -0.2) is 0 Å². The molecule has 0 aliphatic rings. The highest BCUT2D eigenvalue weighted by Crippen LogP contribution is 1.84. The van der Waals surface area contributed by atoms with Crippen LogP contribution in [-0.4, -0.2) is 30.2 Å². The van der Waals surface area contributed by atoms with E-state index in [4.69, 9.17) is 17.3 Å². The monoisotopic (exact) mass is 142 g/mol. The Morgan fingerprint density at radius 3 is 2.90 bits per heavy atom. The van der Waals surface area contributed by atoms with E-state index in [0.717, 1.165) is 0 Å². The van der Waals surface area contributed by atoms with E-state index in [2.05, 4.69) is 11.2 Å². The molecular formula is C6H10N2O2. The zero-order valence-electron chi connectivity index (χ0n) is 5.45. The largest absolute Gasteiger partial charge is 0.389 e. The zero-order valence-corrected chi connectivity index (χ0v) is 5.45. The first-order chi connectivity index (χ1) is 4.72. The molecule has 4 nitrogen and oxygen atoms in total. The van der Waals surface area contributed by atoms with Crippen molar-refractivity contribution >= 4 is 6.41 Å². The predicted octanol–water partition coefficient (Wildman–Crippen LogP) is -1.95. The SMILES string of the molecule is C#C[C@H](N)C(O)CNC=O. The minimum atomic E-state index is -0.866. The van der Waals surface area contributed by atoms with Gasteiger partial charge in [0.15, 0.2) is 0 Å². The summed E-state index contributed by atoms with van der Waals surface area (Å²) < 4.78 is 0. The minimum absolute atomic E-state index is 0.0921. The van der Waals surface area contributed by atoms with Gasteiger partial charge in [-0.3, -0.25) is 4.79 Å². The highest BCUT2D eigenvalue weighted by molar-refractivity contribution is 5.45. The van der Waals surface area contributed by atoms with Crippen LogP contribution in [0.4, 0.5) is 0 Å². The standard InChI is InChI=1S/C6H10N2O2/c1-2-5(7)6(10)3-8-4-9/h1,4-6,10H,3,7H2,(H,8,9)/t5-,6?/m0/s1. The maximum absolute atomic E-state index is 9.71. The first-order valence-electron chi connectivity index (χ1n) is 2.79. The lowest BCUT2D eigenvalue weighted by Gasteiger charge is -2.11. The lowest BCUT2D eigenvalue weighted by atomic mass is 10.2. The molecular weight excluding hydrogens is 132 g/mol. The van der Waals surface area contributed by atoms with Gasteiger partial charge in [0.25, 0.3) is 0 Å². The van der Waals surface area contributed by atoms with Gasteiger partial charge in [-0.15, -0.1) is 6.42 Å². The number of carbonyl (C=O) groups is 1. The fourth-order valence-corrected chi connectivity index (χ4v) is 0.407. The Morgan fingerprint density at radius 2 is 2.50 bits per heavy atom. The Bertz CT molecular complexity index is 141. The second-order valence-electron chi connectivity index (χ2n) is 1.79. The predicted molar refractivity (Wildman–Crippen MR) is 36.9 cm³/mol. The lowest BCUT2D eigenvalue weighted by Crippen LogP contribution is -2.40. The van der Waals surface area contributed by atoms with Crippen LogP contribution in [0.1, 0.15) is 0 Å². The van der Waals surface area contributed by atoms with E-state index in [9.17, 15) is 4.79 Å². The first kappa shape index (κ1) is 8.95. The number of hydrogen-bond acceptors (Lipinski definition) is 3. The Balaban J connectivity index is 3.52. The van der Waals surface area contributed by atoms with Crippen molar-refractivity contribution in [3.8, 4) is 12.3 Å². The zero-order chi connectivity index (χ0) is 7.98. The van der Waals surface area contributed by atoms with Gasteiger partial charge in [0.1, 0.15) is 0 Å². The molecule has 1 unspecified atom stereocenters. The third kappa shape index (κ3) is 3.07. The summed E-state index contributed by atoms with van der Waals surface area (Å²) in [5, 5.41) is 11.2. The molecule has 0 aliphatic carbocycles. The highest BCUT2D eigenvalue weighted by atomic mass is 16.3. The van der Waals surface area contributed by atoms with Gasteiger partial charge in [0.2, 0.25) is 6.41 Å². The van der Waals surface area contributed by atoms with E-state index in [1.807, 2.05) is 0 Å². The lowest BCUT2D eigenvalue weighted by molar-refractivity contribution is -0.109. The molecule has 2 atom stereocenters. The van der Waals surface area contributed by atoms with Gasteiger partial charge >= 0.3 is 0 Å². The van der Waals surface area contributed by atoms with Gasteiger partial charge in [0.05, 0.1) is 12.1 Å². The number of terminal acetylenes is 1. The van der Waals surface area contributed by atoms with E-state index >= 15 is 0 Å². The molecule has 0 aromatic heterocycles. The number of nitrogens with one attached hydrogen (secondary N) is 1. The Kier molecular flexibility index (Phi) is 4.29. The van der Waals surface area contributed by atoms with Gasteiger partial charge < -0.3 is 16.2 Å². The molecule has 0 aromatic carbocycles. The van der Waals surface area contributed by atoms with Crippen LogP contribution in [0.5, 0.6) is 0 Å². The topological polar surface area (TPSA) is 75.3 Å². The summed E-state index contributed by atoms with van der Waals surface area (Å²) in [6, 6.07) is -0.715. The molecule has 10 heavy (non-hydrogen) atoms. The van der Waals surface area contributed by atoms with E-state index in [-0.39, 0.29) is 6.54 Å². The third-order valence-electron chi connectivity index (χ3n) is 1.02. The van der Waals surface area contributed by atoms with Crippen LogP contribution >= 0.6 is 0 Å². The summed E-state index contributed by atoms with van der Waals surface area (Å²) in [6.45, 7) is 0.0921. The van der Waals surface area contributed by atoms with Crippen molar-refractivity contribution < 1.29 is 9.90 Å². The average Bonchev–Trinajstić information content (AvgIpc) is 1.98. The van der Waals surface area contributed by atoms with E-state index < -0.39 is 12.1 Å². The normalized spacial score (nSPS) is 14.9. The average molecular weight is 142 g/mol. The molecule has 0 saturated heterocycles. The summed E-state index contributed by atoms with van der Waals surface area (Å²) in [5.74, 6) is 2.15. The molecule has 0 bridgehead atoms. The molecule has 0 rings (SSSR count). The quantitative estimate of drug-likeness (QED) is 0.315. The van der Waals surface area contributed by atoms with Crippen molar-refractivity contribution in [2.24, 2.45) is 5.73 Å². The van der Waals surface area contributed by atoms with Crippen LogP contribution in [0, 0.1) is 12.3 Å². The Hall–Kier alpha value is -1.05. The molecule has 4 N–H and O–H groups in total. The molecule has 4 heteroatoms. The van der Waals surface area contributed by atoms with Crippen molar-refractivity contribution in [2.45, 2.75) is 12.1 Å². The molecule has 0 spiro atoms. The molecule has 56 valence electrons. The molecule has 0 aromatic rings. The molecule has 0 fully saturated rings. The number of aliphatic hydroxyl groups is 1. The van der Waals surface area contributed by atoms with Crippen LogP contribution in [0.15, 0.2) is 0 Å². The molecule has 1 amide bonds. The van der Waals surface area contributed by atoms with E-state index in [1.165, 1.54) is 0 Å². The van der Waals surface area contributed by atoms with Gasteiger partial charge in [-0.2, -0.15) is 0 Å². The number of amides is 1. The van der Waals surface area contributed by atoms with Crippen molar-refractivity contribution in [1.82, 2.24) is 5.32 Å². The third-order valence-corrected chi connectivity index (χ3v) is 1.02. The van der Waals surface area contributed by atoms with E-state index in [0.29, 0.717) is 6.41 Å². The van der Waals surface area contributed by atoms with Crippen LogP contribution < -0.4 is 11.1 Å². The smallest absolute Gasteiger partial charge is 0.207 e. The van der Waals surface area contributed by atoms with Gasteiger partial charge in [-0.05, 0) is 0 Å². The summed E-state index contributed by atoms with van der Waals surface area (Å²) in [6.07, 6.45) is 4.51. The summed E-state index contributed by atoms with van der Waals surface area (Å²) >= 11 is 0. The summed E-state index contributed by atoms with van der Waals surface area (Å²) in [7, 11) is 0. The first-order valence-corrected chi connectivity index (χ1v) is 2.79. The second kappa shape index (κ2) is 4.79. The Labute approximate surface area is 59.4 Å². The van der Waals surface area contributed by atoms with E-state index in [1.54, 1.807) is 0 Å². The van der Waals surface area contributed by atoms with Crippen molar-refractivity contribution in [3.63, 3.8) is 0 Å². The maximum atomic E-state index is 9.71. The minimum Gasteiger partial charge on any atom is -0.389 e. The number of nitrogens with two attached hydrogens (primary N) is 1. The molecule has 0 heterocycles. The van der Waals surface area contributed by atoms with Gasteiger partial charge in [-0.1, -0.05) is 5.92 Å². The van der Waals surface area contributed by atoms with Crippen molar-refractivity contribution in [1.29, 1.82) is 0 Å². The summed E-state index contributed by atoms with van der Waals surface area (Å²) in [4.78, 5) is 9.71. The van der Waals surface area contributed by atoms with Crippen molar-refractivity contribution in [2.75, 3.05) is 6.54 Å². The van der Waals surface area contributed by atoms with Gasteiger partial charge in [0, 0.05) is 6.54 Å². The maximum Gasteiger partial charge on any atom is 0.207 e. The fourth-order valence-electron chi connectivity index (χ4n) is 0.407. The number of rotatable bonds is 4.